The Labute approximate surface area is 145 Å². The number of anilines is 1. The quantitative estimate of drug-likeness (QED) is 0.776. The van der Waals surface area contributed by atoms with E-state index in [9.17, 15) is 13.2 Å². The van der Waals surface area contributed by atoms with Crippen molar-refractivity contribution in [3.05, 3.63) is 24.3 Å². The highest BCUT2D eigenvalue weighted by atomic mass is 32.2. The summed E-state index contributed by atoms with van der Waals surface area (Å²) < 4.78 is 31.1. The molecule has 0 bridgehead atoms. The molecule has 6 nitrogen and oxygen atoms in total. The zero-order valence-electron chi connectivity index (χ0n) is 15.2. The van der Waals surface area contributed by atoms with E-state index in [2.05, 4.69) is 5.32 Å². The Balaban J connectivity index is 3.24. The van der Waals surface area contributed by atoms with Crippen LogP contribution in [0.1, 0.15) is 34.1 Å². The maximum atomic E-state index is 12.7. The molecule has 0 saturated carbocycles. The van der Waals surface area contributed by atoms with Gasteiger partial charge in [0.1, 0.15) is 11.8 Å². The van der Waals surface area contributed by atoms with Crippen molar-refractivity contribution >= 4 is 21.6 Å². The summed E-state index contributed by atoms with van der Waals surface area (Å²) in [5, 5.41) is 2.90. The number of sulfonamides is 1. The standard InChI is InChI=1S/C17H28N2O4S/c1-7-16(17(20)18-13(4)12(2)3)19(24(6,21)22)14-9-8-10-15(11-14)23-5/h8-13,16H,7H2,1-6H3,(H,18,20)/t13-,16-/m0/s1. The van der Waals surface area contributed by atoms with E-state index in [1.807, 2.05) is 20.8 Å². The molecule has 0 aliphatic heterocycles. The van der Waals surface area contributed by atoms with Crippen LogP contribution < -0.4 is 14.4 Å². The summed E-state index contributed by atoms with van der Waals surface area (Å²) in [5.74, 6) is 0.494. The number of nitrogens with zero attached hydrogens (tertiary/aromatic N) is 1. The van der Waals surface area contributed by atoms with Crippen LogP contribution >= 0.6 is 0 Å². The van der Waals surface area contributed by atoms with Gasteiger partial charge in [-0.15, -0.1) is 0 Å². The van der Waals surface area contributed by atoms with Gasteiger partial charge in [-0.1, -0.05) is 26.8 Å². The summed E-state index contributed by atoms with van der Waals surface area (Å²) in [5.41, 5.74) is 0.413. The molecule has 1 N–H and O–H groups in total. The highest BCUT2D eigenvalue weighted by Crippen LogP contribution is 2.26. The smallest absolute Gasteiger partial charge is 0.244 e. The van der Waals surface area contributed by atoms with Crippen molar-refractivity contribution in [2.75, 3.05) is 17.7 Å². The van der Waals surface area contributed by atoms with E-state index < -0.39 is 16.1 Å². The van der Waals surface area contributed by atoms with Crippen molar-refractivity contribution in [3.8, 4) is 5.75 Å². The van der Waals surface area contributed by atoms with Crippen molar-refractivity contribution in [1.29, 1.82) is 0 Å². The van der Waals surface area contributed by atoms with Gasteiger partial charge in [0.05, 0.1) is 19.1 Å². The number of methoxy groups -OCH3 is 1. The van der Waals surface area contributed by atoms with Gasteiger partial charge in [-0.3, -0.25) is 9.10 Å². The molecular weight excluding hydrogens is 328 g/mol. The third-order valence-corrected chi connectivity index (χ3v) is 5.19. The lowest BCUT2D eigenvalue weighted by atomic mass is 10.1. The minimum atomic E-state index is -3.64. The van der Waals surface area contributed by atoms with Crippen LogP contribution in [0.25, 0.3) is 0 Å². The Hall–Kier alpha value is -1.76. The number of benzene rings is 1. The van der Waals surface area contributed by atoms with Crippen LogP contribution in [-0.2, 0) is 14.8 Å². The molecule has 0 heterocycles. The third kappa shape index (κ3) is 5.12. The first kappa shape index (κ1) is 20.3. The molecule has 0 unspecified atom stereocenters. The summed E-state index contributed by atoms with van der Waals surface area (Å²) in [6.07, 6.45) is 1.47. The lowest BCUT2D eigenvalue weighted by molar-refractivity contribution is -0.123. The van der Waals surface area contributed by atoms with Gasteiger partial charge in [-0.05, 0) is 31.4 Å². The first-order valence-corrected chi connectivity index (χ1v) is 9.90. The Bertz CT molecular complexity index is 658. The van der Waals surface area contributed by atoms with Crippen LogP contribution in [-0.4, -0.2) is 39.8 Å². The van der Waals surface area contributed by atoms with Gasteiger partial charge >= 0.3 is 0 Å². The van der Waals surface area contributed by atoms with Crippen LogP contribution in [0.4, 0.5) is 5.69 Å². The summed E-state index contributed by atoms with van der Waals surface area (Å²) >= 11 is 0. The molecular formula is C17H28N2O4S. The van der Waals surface area contributed by atoms with E-state index in [4.69, 9.17) is 4.74 Å². The van der Waals surface area contributed by atoms with Gasteiger partial charge < -0.3 is 10.1 Å². The number of hydrogen-bond acceptors (Lipinski definition) is 4. The van der Waals surface area contributed by atoms with Gasteiger partial charge in [0.15, 0.2) is 0 Å². The van der Waals surface area contributed by atoms with E-state index >= 15 is 0 Å². The number of rotatable bonds is 8. The number of hydrogen-bond donors (Lipinski definition) is 1. The van der Waals surface area contributed by atoms with Gasteiger partial charge in [0, 0.05) is 12.1 Å². The molecule has 1 amide bonds. The van der Waals surface area contributed by atoms with E-state index in [0.29, 0.717) is 17.9 Å². The lowest BCUT2D eigenvalue weighted by Crippen LogP contribution is -2.51. The molecule has 0 saturated heterocycles. The number of amides is 1. The maximum Gasteiger partial charge on any atom is 0.244 e. The molecule has 1 rings (SSSR count). The van der Waals surface area contributed by atoms with Crippen molar-refractivity contribution in [2.45, 2.75) is 46.2 Å². The molecule has 0 aromatic heterocycles. The molecule has 136 valence electrons. The van der Waals surface area contributed by atoms with E-state index in [0.717, 1.165) is 10.6 Å². The van der Waals surface area contributed by atoms with E-state index in [1.165, 1.54) is 7.11 Å². The average molecular weight is 356 g/mol. The second kappa shape index (κ2) is 8.37. The van der Waals surface area contributed by atoms with Crippen LogP contribution in [0.5, 0.6) is 5.75 Å². The summed E-state index contributed by atoms with van der Waals surface area (Å²) in [7, 11) is -2.13. The van der Waals surface area contributed by atoms with Gasteiger partial charge in [0.2, 0.25) is 15.9 Å². The number of ether oxygens (including phenoxy) is 1. The van der Waals surface area contributed by atoms with Crippen LogP contribution in [0.15, 0.2) is 24.3 Å². The van der Waals surface area contributed by atoms with Gasteiger partial charge in [-0.25, -0.2) is 8.42 Å². The molecule has 24 heavy (non-hydrogen) atoms. The number of carbonyl (C=O) groups excluding carboxylic acids is 1. The SMILES string of the molecule is CC[C@@H](C(=O)N[C@@H](C)C(C)C)N(c1cccc(OC)c1)S(C)(=O)=O. The topological polar surface area (TPSA) is 75.7 Å². The molecule has 0 spiro atoms. The molecule has 2 atom stereocenters. The highest BCUT2D eigenvalue weighted by molar-refractivity contribution is 7.92. The monoisotopic (exact) mass is 356 g/mol. The highest BCUT2D eigenvalue weighted by Gasteiger charge is 2.32. The normalized spacial score (nSPS) is 14.1. The third-order valence-electron chi connectivity index (χ3n) is 4.01. The largest absolute Gasteiger partial charge is 0.497 e. The predicted molar refractivity (Wildman–Crippen MR) is 96.8 cm³/mol. The Morgan fingerprint density at radius 3 is 2.38 bits per heavy atom. The number of nitrogens with one attached hydrogen (secondary N) is 1. The molecule has 0 aliphatic rings. The average Bonchev–Trinajstić information content (AvgIpc) is 2.50. The summed E-state index contributed by atoms with van der Waals surface area (Å²) in [6.45, 7) is 7.71. The number of carbonyl (C=O) groups is 1. The molecule has 1 aromatic rings. The van der Waals surface area contributed by atoms with E-state index in [-0.39, 0.29) is 17.9 Å². The fourth-order valence-corrected chi connectivity index (χ4v) is 3.50. The van der Waals surface area contributed by atoms with Gasteiger partial charge in [-0.2, -0.15) is 0 Å². The second-order valence-corrected chi connectivity index (χ2v) is 8.09. The second-order valence-electron chi connectivity index (χ2n) is 6.23. The Kier molecular flexibility index (Phi) is 7.08. The lowest BCUT2D eigenvalue weighted by Gasteiger charge is -2.31. The van der Waals surface area contributed by atoms with Gasteiger partial charge in [0.25, 0.3) is 0 Å². The Morgan fingerprint density at radius 1 is 1.29 bits per heavy atom. The van der Waals surface area contributed by atoms with Crippen LogP contribution in [0.3, 0.4) is 0 Å². The van der Waals surface area contributed by atoms with Crippen LogP contribution in [0, 0.1) is 5.92 Å². The fraction of sp³-hybridized carbons (Fsp3) is 0.588. The summed E-state index contributed by atoms with van der Waals surface area (Å²) in [6, 6.07) is 5.85. The molecule has 7 heteroatoms. The van der Waals surface area contributed by atoms with Crippen molar-refractivity contribution in [2.24, 2.45) is 5.92 Å². The molecule has 0 radical (unpaired) electrons. The van der Waals surface area contributed by atoms with E-state index in [1.54, 1.807) is 31.2 Å². The van der Waals surface area contributed by atoms with Crippen LogP contribution in [0.2, 0.25) is 0 Å². The van der Waals surface area contributed by atoms with Crippen molar-refractivity contribution in [3.63, 3.8) is 0 Å². The van der Waals surface area contributed by atoms with Crippen molar-refractivity contribution in [1.82, 2.24) is 5.32 Å². The first-order chi connectivity index (χ1) is 11.1. The summed E-state index contributed by atoms with van der Waals surface area (Å²) in [4.78, 5) is 12.7. The maximum absolute atomic E-state index is 12.7. The zero-order chi connectivity index (χ0) is 18.5. The fourth-order valence-electron chi connectivity index (χ4n) is 2.30. The zero-order valence-corrected chi connectivity index (χ0v) is 16.1. The van der Waals surface area contributed by atoms with Crippen molar-refractivity contribution < 1.29 is 17.9 Å². The molecule has 0 fully saturated rings. The minimum Gasteiger partial charge on any atom is -0.497 e. The molecule has 0 aliphatic carbocycles. The minimum absolute atomic E-state index is 0.0433. The Morgan fingerprint density at radius 2 is 1.92 bits per heavy atom. The molecule has 1 aromatic carbocycles. The first-order valence-electron chi connectivity index (χ1n) is 8.05. The predicted octanol–water partition coefficient (Wildman–Crippen LogP) is 2.40.